The van der Waals surface area contributed by atoms with Gasteiger partial charge in [0.25, 0.3) is 0 Å². The molecular formula is C26H27NO2. The minimum absolute atomic E-state index is 0.139. The largest absolute Gasteiger partial charge is 0.481 e. The molecule has 1 aliphatic rings. The van der Waals surface area contributed by atoms with Crippen LogP contribution >= 0.6 is 0 Å². The van der Waals surface area contributed by atoms with E-state index in [4.69, 9.17) is 0 Å². The fraction of sp³-hybridized carbons (Fsp3) is 0.269. The molecule has 3 aromatic rings. The zero-order valence-electron chi connectivity index (χ0n) is 16.7. The maximum atomic E-state index is 11.8. The average Bonchev–Trinajstić information content (AvgIpc) is 3.52. The van der Waals surface area contributed by atoms with Crippen LogP contribution in [0, 0.1) is 11.3 Å². The number of rotatable bonds is 8. The number of aliphatic carboxylic acids is 1. The van der Waals surface area contributed by atoms with Crippen LogP contribution in [0.2, 0.25) is 0 Å². The Kier molecular flexibility index (Phi) is 5.25. The first-order valence-corrected chi connectivity index (χ1v) is 10.3. The Morgan fingerprint density at radius 1 is 0.897 bits per heavy atom. The molecule has 0 heterocycles. The van der Waals surface area contributed by atoms with E-state index >= 15 is 0 Å². The summed E-state index contributed by atoms with van der Waals surface area (Å²) in [4.78, 5) is 11.8. The van der Waals surface area contributed by atoms with Crippen molar-refractivity contribution in [2.75, 3.05) is 6.54 Å². The molecule has 0 amide bonds. The molecule has 4 rings (SSSR count). The molecule has 3 aromatic carbocycles. The second kappa shape index (κ2) is 7.84. The molecule has 2 unspecified atom stereocenters. The van der Waals surface area contributed by atoms with Gasteiger partial charge in [0.2, 0.25) is 0 Å². The summed E-state index contributed by atoms with van der Waals surface area (Å²) in [6.07, 6.45) is 1.41. The Morgan fingerprint density at radius 3 is 1.62 bits per heavy atom. The molecule has 1 saturated carbocycles. The Hall–Kier alpha value is -2.91. The lowest BCUT2D eigenvalue weighted by Crippen LogP contribution is -2.46. The highest BCUT2D eigenvalue weighted by Gasteiger charge is 2.59. The van der Waals surface area contributed by atoms with Gasteiger partial charge in [-0.25, -0.2) is 0 Å². The van der Waals surface area contributed by atoms with Gasteiger partial charge in [-0.2, -0.15) is 0 Å². The summed E-state index contributed by atoms with van der Waals surface area (Å²) in [6.45, 7) is 2.63. The first-order chi connectivity index (χ1) is 14.1. The number of benzene rings is 3. The lowest BCUT2D eigenvalue weighted by atomic mass is 9.77. The molecule has 1 aliphatic carbocycles. The van der Waals surface area contributed by atoms with Crippen LogP contribution in [-0.4, -0.2) is 17.6 Å². The van der Waals surface area contributed by atoms with Crippen molar-refractivity contribution < 1.29 is 9.90 Å². The summed E-state index contributed by atoms with van der Waals surface area (Å²) in [6, 6.07) is 31.3. The summed E-state index contributed by atoms with van der Waals surface area (Å²) in [5.41, 5.74) is 2.33. The van der Waals surface area contributed by atoms with Crippen LogP contribution < -0.4 is 5.32 Å². The third-order valence-electron chi connectivity index (χ3n) is 6.52. The Balaban J connectivity index is 1.80. The molecule has 1 fully saturated rings. The van der Waals surface area contributed by atoms with E-state index in [9.17, 15) is 9.90 Å². The van der Waals surface area contributed by atoms with Crippen molar-refractivity contribution in [1.82, 2.24) is 5.32 Å². The fourth-order valence-corrected chi connectivity index (χ4v) is 4.64. The topological polar surface area (TPSA) is 49.3 Å². The van der Waals surface area contributed by atoms with Crippen LogP contribution in [0.5, 0.6) is 0 Å². The van der Waals surface area contributed by atoms with Gasteiger partial charge in [0.05, 0.1) is 11.0 Å². The van der Waals surface area contributed by atoms with Crippen LogP contribution in [-0.2, 0) is 10.3 Å². The molecule has 0 bridgehead atoms. The quantitative estimate of drug-likeness (QED) is 0.532. The van der Waals surface area contributed by atoms with Gasteiger partial charge in [0, 0.05) is 6.54 Å². The number of carbonyl (C=O) groups is 1. The lowest BCUT2D eigenvalue weighted by molar-refractivity contribution is -0.144. The molecule has 0 radical (unpaired) electrons. The highest BCUT2D eigenvalue weighted by atomic mass is 16.4. The zero-order chi connectivity index (χ0) is 20.3. The second-order valence-corrected chi connectivity index (χ2v) is 7.94. The molecule has 29 heavy (non-hydrogen) atoms. The minimum atomic E-state index is -0.670. The zero-order valence-corrected chi connectivity index (χ0v) is 16.7. The van der Waals surface area contributed by atoms with E-state index in [0.717, 1.165) is 23.1 Å². The van der Waals surface area contributed by atoms with Gasteiger partial charge in [-0.3, -0.25) is 10.1 Å². The van der Waals surface area contributed by atoms with E-state index in [2.05, 4.69) is 78.1 Å². The predicted molar refractivity (Wildman–Crippen MR) is 116 cm³/mol. The highest BCUT2D eigenvalue weighted by molar-refractivity contribution is 5.78. The molecular weight excluding hydrogens is 358 g/mol. The monoisotopic (exact) mass is 385 g/mol. The summed E-state index contributed by atoms with van der Waals surface area (Å²) in [5.74, 6) is -0.531. The van der Waals surface area contributed by atoms with Gasteiger partial charge in [-0.15, -0.1) is 0 Å². The number of nitrogens with one attached hydrogen (secondary N) is 1. The standard InChI is InChI=1S/C26H27NO2/c1-2-25(24(28)29)18-23(25)19-27-26(20-12-6-3-7-13-20,21-14-8-4-9-15-21)22-16-10-5-11-17-22/h3-17,23,27H,2,18-19H2,1H3,(H,28,29). The third kappa shape index (κ3) is 3.36. The number of carboxylic acids is 1. The molecule has 0 aliphatic heterocycles. The molecule has 148 valence electrons. The minimum Gasteiger partial charge on any atom is -0.481 e. The van der Waals surface area contributed by atoms with E-state index < -0.39 is 16.9 Å². The average molecular weight is 386 g/mol. The van der Waals surface area contributed by atoms with Gasteiger partial charge in [-0.05, 0) is 35.4 Å². The van der Waals surface area contributed by atoms with Gasteiger partial charge < -0.3 is 5.11 Å². The van der Waals surface area contributed by atoms with Crippen molar-refractivity contribution in [3.05, 3.63) is 108 Å². The summed E-state index contributed by atoms with van der Waals surface area (Å²) >= 11 is 0. The number of hydrogen-bond donors (Lipinski definition) is 2. The summed E-state index contributed by atoms with van der Waals surface area (Å²) < 4.78 is 0. The number of hydrogen-bond acceptors (Lipinski definition) is 2. The third-order valence-corrected chi connectivity index (χ3v) is 6.52. The van der Waals surface area contributed by atoms with Crippen molar-refractivity contribution >= 4 is 5.97 Å². The predicted octanol–water partition coefficient (Wildman–Crippen LogP) is 5.07. The maximum absolute atomic E-state index is 11.8. The van der Waals surface area contributed by atoms with Crippen molar-refractivity contribution in [2.24, 2.45) is 11.3 Å². The van der Waals surface area contributed by atoms with Crippen LogP contribution in [0.15, 0.2) is 91.0 Å². The van der Waals surface area contributed by atoms with Gasteiger partial charge in [-0.1, -0.05) is 97.9 Å². The van der Waals surface area contributed by atoms with Crippen LogP contribution in [0.4, 0.5) is 0 Å². The van der Waals surface area contributed by atoms with Gasteiger partial charge >= 0.3 is 5.97 Å². The van der Waals surface area contributed by atoms with Crippen molar-refractivity contribution in [1.29, 1.82) is 0 Å². The smallest absolute Gasteiger partial charge is 0.309 e. The molecule has 0 aromatic heterocycles. The Morgan fingerprint density at radius 2 is 1.31 bits per heavy atom. The van der Waals surface area contributed by atoms with Crippen molar-refractivity contribution in [2.45, 2.75) is 25.3 Å². The normalized spacial score (nSPS) is 20.9. The van der Waals surface area contributed by atoms with E-state index in [0.29, 0.717) is 13.0 Å². The Labute approximate surface area is 172 Å². The molecule has 0 saturated heterocycles. The highest BCUT2D eigenvalue weighted by Crippen LogP contribution is 2.55. The van der Waals surface area contributed by atoms with Crippen LogP contribution in [0.3, 0.4) is 0 Å². The SMILES string of the molecule is CCC1(C(=O)O)CC1CNC(c1ccccc1)(c1ccccc1)c1ccccc1. The lowest BCUT2D eigenvalue weighted by Gasteiger charge is -2.37. The summed E-state index contributed by atoms with van der Waals surface area (Å²) in [7, 11) is 0. The van der Waals surface area contributed by atoms with E-state index in [1.165, 1.54) is 0 Å². The molecule has 0 spiro atoms. The molecule has 3 nitrogen and oxygen atoms in total. The maximum Gasteiger partial charge on any atom is 0.309 e. The molecule has 2 atom stereocenters. The fourth-order valence-electron chi connectivity index (χ4n) is 4.64. The first kappa shape index (κ1) is 19.4. The van der Waals surface area contributed by atoms with E-state index in [1.807, 2.05) is 25.1 Å². The second-order valence-electron chi connectivity index (χ2n) is 7.94. The molecule has 3 heteroatoms. The van der Waals surface area contributed by atoms with Crippen LogP contribution in [0.25, 0.3) is 0 Å². The van der Waals surface area contributed by atoms with Gasteiger partial charge in [0.15, 0.2) is 0 Å². The van der Waals surface area contributed by atoms with Crippen molar-refractivity contribution in [3.8, 4) is 0 Å². The van der Waals surface area contributed by atoms with Crippen LogP contribution in [0.1, 0.15) is 36.5 Å². The molecule has 2 N–H and O–H groups in total. The van der Waals surface area contributed by atoms with Gasteiger partial charge in [0.1, 0.15) is 0 Å². The van der Waals surface area contributed by atoms with E-state index in [-0.39, 0.29) is 5.92 Å². The summed E-state index contributed by atoms with van der Waals surface area (Å²) in [5, 5.41) is 13.6. The first-order valence-electron chi connectivity index (χ1n) is 10.3. The number of carboxylic acid groups (broad SMARTS) is 1. The van der Waals surface area contributed by atoms with Crippen molar-refractivity contribution in [3.63, 3.8) is 0 Å². The van der Waals surface area contributed by atoms with E-state index in [1.54, 1.807) is 0 Å². The Bertz CT molecular complexity index is 859.